The molecule has 0 aliphatic carbocycles. The first-order valence-electron chi connectivity index (χ1n) is 36.6. The number of hydrogen-bond acceptors (Lipinski definition) is 13. The third-order valence-corrected chi connectivity index (χ3v) is 53.9. The predicted octanol–water partition coefficient (Wildman–Crippen LogP) is 17.7. The second kappa shape index (κ2) is 55.3. The fourth-order valence-corrected chi connectivity index (χ4v) is 51.5. The number of esters is 2. The molecule has 0 spiro atoms. The first-order chi connectivity index (χ1) is 42.6. The standard InChI is InChI=1S/C27H60O6Si4.C17H44O2Si4.C10H16O4.C6H16OSi2.C6H16Si.C4H9.Li/c1-12-13-19-35(6,7)32-17-15-18-34(4,5)21-22-37(10,11)33-36(8,9)20-14-16-30-23-26(28)24-31-27(29)25(2)3;1-10-11-15-22(6,7)18-13-12-14-21(4,5)16-17-23(8,9)19-20(2)3;1-4-5-13-6-9(11)7-14-10(12)8(2)3;1-8(2)5-6-9(3,4)7-8;1-6(2,3)7(4)5;1-3-4-2;/h26,28H,2,12-24H2,1,3-11H3;20H,10-17H2,1-9H3;4,9,11H,1-2,5-7H2,3H3;5-6H2,1-4H3;7H,1-5H3;1,3-4H2,2H3;/q;;;;;-1;+1. The molecule has 13 nitrogen and oxygen atoms in total. The molecule has 1 saturated heterocycles. The van der Waals surface area contributed by atoms with Gasteiger partial charge in [0.05, 0.1) is 19.8 Å². The molecule has 2 atom stereocenters. The van der Waals surface area contributed by atoms with Gasteiger partial charge < -0.3 is 57.3 Å². The van der Waals surface area contributed by atoms with Gasteiger partial charge in [-0.05, 0) is 185 Å². The molecule has 0 amide bonds. The Labute approximate surface area is 615 Å². The molecule has 95 heavy (non-hydrogen) atoms. The average molecular weight is 1530 g/mol. The van der Waals surface area contributed by atoms with Crippen molar-refractivity contribution in [3.8, 4) is 0 Å². The summed E-state index contributed by atoms with van der Waals surface area (Å²) in [5.74, 6) is -0.994. The van der Waals surface area contributed by atoms with E-state index in [1.54, 1.807) is 19.9 Å². The number of aliphatic hydroxyl groups excluding tert-OH is 2. The van der Waals surface area contributed by atoms with E-state index >= 15 is 0 Å². The van der Waals surface area contributed by atoms with Gasteiger partial charge in [-0.25, -0.2) is 9.59 Å². The Bertz CT molecular complexity index is 1950. The third kappa shape index (κ3) is 72.9. The van der Waals surface area contributed by atoms with Gasteiger partial charge in [0.2, 0.25) is 0 Å². The van der Waals surface area contributed by atoms with E-state index in [-0.39, 0.29) is 54.1 Å². The molecular formula is C70H161LiO13Si11. The SMILES string of the molecule is C=C(C)C(=O)OCC(O)COCCC[Si](C)(C)O[Si](C)(C)CC[Si](C)(C)CCCO[Si](C)(C)CCCC.C=CCOCC(O)COC(=O)C(=C)C.CCCC[Si](C)(C)OCCC[Si](C)(C)CC[Si](C)(C)O[SiH](C)C.C[SiH](C)C(C)(C)C.C[Si]1(C)CC[Si](C)(C)O1.[CH2-]CCC.[Li+]. The monoisotopic (exact) mass is 1520 g/mol. The van der Waals surface area contributed by atoms with Crippen LogP contribution in [-0.2, 0) is 49.7 Å². The maximum Gasteiger partial charge on any atom is 1.00 e. The van der Waals surface area contributed by atoms with Crippen LogP contribution in [0.15, 0.2) is 37.0 Å². The van der Waals surface area contributed by atoms with Gasteiger partial charge in [-0.2, -0.15) is 6.42 Å². The van der Waals surface area contributed by atoms with Crippen molar-refractivity contribution in [1.29, 1.82) is 0 Å². The molecular weight excluding hydrogens is 1360 g/mol. The average Bonchev–Trinajstić information content (AvgIpc) is 1.78. The molecule has 2 unspecified atom stereocenters. The van der Waals surface area contributed by atoms with Crippen LogP contribution in [-0.4, -0.2) is 179 Å². The van der Waals surface area contributed by atoms with Crippen LogP contribution in [0.25, 0.3) is 0 Å². The fraction of sp³-hybridized carbons (Fsp3) is 0.871. The summed E-state index contributed by atoms with van der Waals surface area (Å²) in [5, 5.41) is 19.8. The van der Waals surface area contributed by atoms with Gasteiger partial charge in [0.1, 0.15) is 25.4 Å². The number of unbranched alkanes of at least 4 members (excludes halogenated alkanes) is 3. The van der Waals surface area contributed by atoms with Crippen molar-refractivity contribution in [1.82, 2.24) is 0 Å². The van der Waals surface area contributed by atoms with Gasteiger partial charge in [-0.1, -0.05) is 156 Å². The summed E-state index contributed by atoms with van der Waals surface area (Å²) in [6.45, 7) is 86.4. The van der Waals surface area contributed by atoms with E-state index in [0.717, 1.165) is 32.1 Å². The van der Waals surface area contributed by atoms with Crippen LogP contribution in [0.3, 0.4) is 0 Å². The summed E-state index contributed by atoms with van der Waals surface area (Å²) in [7, 11) is -13.5. The van der Waals surface area contributed by atoms with Gasteiger partial charge in [0.15, 0.2) is 67.3 Å². The molecule has 2 N–H and O–H groups in total. The summed E-state index contributed by atoms with van der Waals surface area (Å²) in [6, 6.07) is 14.6. The fourth-order valence-electron chi connectivity index (χ4n) is 9.47. The van der Waals surface area contributed by atoms with Gasteiger partial charge in [0.25, 0.3) is 0 Å². The molecule has 1 heterocycles. The van der Waals surface area contributed by atoms with Crippen molar-refractivity contribution in [2.24, 2.45) is 0 Å². The van der Waals surface area contributed by atoms with Crippen molar-refractivity contribution < 1.29 is 78.8 Å². The van der Waals surface area contributed by atoms with E-state index in [1.165, 1.54) is 105 Å². The minimum atomic E-state index is -1.78. The smallest absolute Gasteiger partial charge is 0.460 e. The third-order valence-electron chi connectivity index (χ3n) is 16.6. The van der Waals surface area contributed by atoms with Crippen LogP contribution in [0.5, 0.6) is 0 Å². The summed E-state index contributed by atoms with van der Waals surface area (Å²) in [6.07, 6.45) is 10.8. The molecule has 0 saturated carbocycles. The van der Waals surface area contributed by atoms with Crippen LogP contribution >= 0.6 is 0 Å². The maximum absolute atomic E-state index is 11.4. The van der Waals surface area contributed by atoms with Gasteiger partial charge in [-0.15, -0.1) is 6.58 Å². The predicted molar refractivity (Wildman–Crippen MR) is 442 cm³/mol. The number of aliphatic hydroxyl groups is 2. The van der Waals surface area contributed by atoms with Crippen LogP contribution in [0.4, 0.5) is 0 Å². The summed E-state index contributed by atoms with van der Waals surface area (Å²) >= 11 is 0. The van der Waals surface area contributed by atoms with Gasteiger partial charge in [-0.3, -0.25) is 0 Å². The van der Waals surface area contributed by atoms with E-state index in [4.69, 9.17) is 40.1 Å². The molecule has 1 aliphatic rings. The molecule has 1 rings (SSSR count). The molecule has 1 aliphatic heterocycles. The summed E-state index contributed by atoms with van der Waals surface area (Å²) in [5.41, 5.74) is 0.634. The molecule has 564 valence electrons. The van der Waals surface area contributed by atoms with E-state index in [1.807, 2.05) is 0 Å². The molecule has 0 aromatic heterocycles. The molecule has 0 bridgehead atoms. The number of rotatable bonds is 43. The number of ether oxygens (including phenoxy) is 4. The zero-order valence-electron chi connectivity index (χ0n) is 68.9. The second-order valence-corrected chi connectivity index (χ2v) is 82.2. The van der Waals surface area contributed by atoms with Crippen LogP contribution in [0.1, 0.15) is 113 Å². The molecule has 0 radical (unpaired) electrons. The quantitative estimate of drug-likeness (QED) is 0.0149. The van der Waals surface area contributed by atoms with Gasteiger partial charge in [0, 0.05) is 55.9 Å². The number of carbonyl (C=O) groups excluding carboxylic acids is 2. The Kier molecular flexibility index (Phi) is 62.1. The second-order valence-electron chi connectivity index (χ2n) is 34.1. The van der Waals surface area contributed by atoms with Crippen molar-refractivity contribution in [3.05, 3.63) is 43.9 Å². The van der Waals surface area contributed by atoms with Crippen molar-refractivity contribution in [2.45, 2.75) is 341 Å². The maximum atomic E-state index is 11.4. The van der Waals surface area contributed by atoms with Crippen LogP contribution in [0.2, 0.25) is 216 Å². The first-order valence-corrected chi connectivity index (χ1v) is 70.9. The topological polar surface area (TPSA) is 158 Å². The molecule has 1 fully saturated rings. The summed E-state index contributed by atoms with van der Waals surface area (Å²) in [4.78, 5) is 22.3. The number of hydrogen-bond donors (Lipinski definition) is 2. The van der Waals surface area contributed by atoms with Gasteiger partial charge >= 0.3 is 30.8 Å². The Balaban J connectivity index is -0.000000288. The Hall–Kier alpha value is 0.783. The molecule has 0 aromatic carbocycles. The van der Waals surface area contributed by atoms with Crippen LogP contribution < -0.4 is 18.9 Å². The minimum absolute atomic E-state index is 0. The number of carbonyl (C=O) groups is 2. The van der Waals surface area contributed by atoms with Crippen molar-refractivity contribution >= 4 is 104 Å². The Morgan fingerprint density at radius 2 is 0.884 bits per heavy atom. The van der Waals surface area contributed by atoms with Crippen molar-refractivity contribution in [2.75, 3.05) is 52.9 Å². The largest absolute Gasteiger partial charge is 1.00 e. The summed E-state index contributed by atoms with van der Waals surface area (Å²) < 4.78 is 52.0. The molecule has 0 aromatic rings. The zero-order valence-corrected chi connectivity index (χ0v) is 80.2. The first kappa shape index (κ1) is 107. The van der Waals surface area contributed by atoms with E-state index in [2.05, 4.69) is 212 Å². The Morgan fingerprint density at radius 3 is 1.19 bits per heavy atom. The normalized spacial score (nSPS) is 14.7. The van der Waals surface area contributed by atoms with E-state index < -0.39 is 108 Å². The Morgan fingerprint density at radius 1 is 0.547 bits per heavy atom. The van der Waals surface area contributed by atoms with Crippen molar-refractivity contribution in [3.63, 3.8) is 0 Å². The van der Waals surface area contributed by atoms with Crippen LogP contribution in [0, 0.1) is 6.92 Å². The van der Waals surface area contributed by atoms with E-state index in [0.29, 0.717) is 29.4 Å². The van der Waals surface area contributed by atoms with E-state index in [9.17, 15) is 19.8 Å². The zero-order chi connectivity index (χ0) is 74.5. The molecule has 25 heteroatoms. The minimum Gasteiger partial charge on any atom is -0.460 e.